The molecule has 1 N–H and O–H groups in total. The van der Waals surface area contributed by atoms with Crippen LogP contribution in [-0.4, -0.2) is 17.1 Å². The molecule has 0 aromatic heterocycles. The van der Waals surface area contributed by atoms with Crippen molar-refractivity contribution in [1.29, 1.82) is 0 Å². The minimum absolute atomic E-state index is 0.0793. The summed E-state index contributed by atoms with van der Waals surface area (Å²) in [6.07, 6.45) is -2.77. The maximum absolute atomic E-state index is 12.5. The van der Waals surface area contributed by atoms with Crippen molar-refractivity contribution < 1.29 is 23.1 Å². The smallest absolute Gasteiger partial charge is 0.454 e. The van der Waals surface area contributed by atoms with Crippen LogP contribution < -0.4 is 0 Å². The van der Waals surface area contributed by atoms with Crippen molar-refractivity contribution in [3.63, 3.8) is 0 Å². The van der Waals surface area contributed by atoms with Crippen LogP contribution >= 0.6 is 11.6 Å². The van der Waals surface area contributed by atoms with Crippen LogP contribution in [0.5, 0.6) is 0 Å². The Hall–Kier alpha value is -1.75. The summed E-state index contributed by atoms with van der Waals surface area (Å²) in [7, 11) is 0. The molecule has 0 spiro atoms. The van der Waals surface area contributed by atoms with Gasteiger partial charge in [-0.15, -0.1) is 0 Å². The molecule has 0 saturated carbocycles. The van der Waals surface area contributed by atoms with Crippen molar-refractivity contribution in [2.24, 2.45) is 0 Å². The first kappa shape index (κ1) is 15.6. The number of allylic oxidation sites excluding steroid dienone is 2. The van der Waals surface area contributed by atoms with E-state index < -0.39 is 23.3 Å². The fourth-order valence-corrected chi connectivity index (χ4v) is 2.39. The second-order valence-corrected chi connectivity index (χ2v) is 5.11. The molecule has 0 atom stereocenters. The van der Waals surface area contributed by atoms with Gasteiger partial charge >= 0.3 is 6.18 Å². The largest absolute Gasteiger partial charge is 0.507 e. The van der Waals surface area contributed by atoms with Crippen LogP contribution in [-0.2, 0) is 4.79 Å². The highest BCUT2D eigenvalue weighted by molar-refractivity contribution is 6.32. The summed E-state index contributed by atoms with van der Waals surface area (Å²) in [5, 5.41) is 10.4. The third-order valence-corrected chi connectivity index (χ3v) is 3.57. The Balaban J connectivity index is 2.42. The molecule has 0 saturated heterocycles. The van der Waals surface area contributed by atoms with E-state index in [1.165, 1.54) is 6.08 Å². The molecule has 0 unspecified atom stereocenters. The van der Waals surface area contributed by atoms with Gasteiger partial charge in [-0.1, -0.05) is 29.8 Å². The second-order valence-electron chi connectivity index (χ2n) is 4.70. The summed E-state index contributed by atoms with van der Waals surface area (Å²) in [5.74, 6) is -2.56. The molecule has 0 radical (unpaired) electrons. The van der Waals surface area contributed by atoms with E-state index in [1.54, 1.807) is 24.3 Å². The quantitative estimate of drug-likeness (QED) is 0.846. The van der Waals surface area contributed by atoms with Gasteiger partial charge in [0.2, 0.25) is 0 Å². The third kappa shape index (κ3) is 3.47. The second kappa shape index (κ2) is 5.93. The van der Waals surface area contributed by atoms with Gasteiger partial charge in [-0.2, -0.15) is 13.2 Å². The van der Waals surface area contributed by atoms with Gasteiger partial charge in [0.15, 0.2) is 0 Å². The number of halogens is 4. The van der Waals surface area contributed by atoms with Crippen LogP contribution in [0.15, 0.2) is 41.2 Å². The SMILES string of the molecule is O=C(C1=C(O)/C(=C/c2ccccc2Cl)CCC1)C(F)(F)F. The summed E-state index contributed by atoms with van der Waals surface area (Å²) in [6.45, 7) is 0. The molecule has 1 aromatic carbocycles. The van der Waals surface area contributed by atoms with Gasteiger partial charge in [0.25, 0.3) is 5.78 Å². The molecule has 21 heavy (non-hydrogen) atoms. The predicted octanol–water partition coefficient (Wildman–Crippen LogP) is 4.85. The average molecular weight is 317 g/mol. The molecule has 0 bridgehead atoms. The lowest BCUT2D eigenvalue weighted by molar-refractivity contribution is -0.167. The molecular weight excluding hydrogens is 305 g/mol. The Kier molecular flexibility index (Phi) is 4.42. The molecule has 1 aliphatic rings. The zero-order valence-corrected chi connectivity index (χ0v) is 11.6. The van der Waals surface area contributed by atoms with Gasteiger partial charge in [0.05, 0.1) is 0 Å². The molecular formula is C15H12ClF3O2. The van der Waals surface area contributed by atoms with Crippen molar-refractivity contribution in [2.75, 3.05) is 0 Å². The van der Waals surface area contributed by atoms with Gasteiger partial charge < -0.3 is 5.11 Å². The fraction of sp³-hybridized carbons (Fsp3) is 0.267. The van der Waals surface area contributed by atoms with Crippen molar-refractivity contribution in [1.82, 2.24) is 0 Å². The summed E-state index contributed by atoms with van der Waals surface area (Å²) >= 11 is 5.97. The first-order chi connectivity index (χ1) is 9.80. The summed E-state index contributed by atoms with van der Waals surface area (Å²) < 4.78 is 37.5. The molecule has 6 heteroatoms. The summed E-state index contributed by atoms with van der Waals surface area (Å²) in [5.41, 5.74) is 0.301. The lowest BCUT2D eigenvalue weighted by atomic mass is 9.89. The lowest BCUT2D eigenvalue weighted by Crippen LogP contribution is -2.27. The van der Waals surface area contributed by atoms with Gasteiger partial charge in [-0.3, -0.25) is 4.79 Å². The average Bonchev–Trinajstić information content (AvgIpc) is 2.42. The Morgan fingerprint density at radius 1 is 1.24 bits per heavy atom. The standard InChI is InChI=1S/C15H12ClF3O2/c16-12-7-2-1-4-9(12)8-10-5-3-6-11(13(10)20)14(21)15(17,18)19/h1-2,4,7-8,20H,3,5-6H2/b10-8+. The van der Waals surface area contributed by atoms with Gasteiger partial charge in [-0.25, -0.2) is 0 Å². The number of aliphatic hydroxyl groups is 1. The maximum atomic E-state index is 12.5. The van der Waals surface area contributed by atoms with Crippen LogP contribution in [0.2, 0.25) is 5.02 Å². The number of rotatable bonds is 2. The van der Waals surface area contributed by atoms with Gasteiger partial charge in [0, 0.05) is 10.6 Å². The highest BCUT2D eigenvalue weighted by atomic mass is 35.5. The molecule has 0 fully saturated rings. The van der Waals surface area contributed by atoms with Crippen molar-refractivity contribution in [3.8, 4) is 0 Å². The minimum atomic E-state index is -4.98. The number of carbonyl (C=O) groups excluding carboxylic acids is 1. The molecule has 0 aliphatic heterocycles. The van der Waals surface area contributed by atoms with E-state index in [1.807, 2.05) is 0 Å². The van der Waals surface area contributed by atoms with E-state index in [0.717, 1.165) is 0 Å². The monoisotopic (exact) mass is 316 g/mol. The lowest BCUT2D eigenvalue weighted by Gasteiger charge is -2.19. The number of carbonyl (C=O) groups is 1. The van der Waals surface area contributed by atoms with E-state index in [-0.39, 0.29) is 6.42 Å². The highest BCUT2D eigenvalue weighted by Crippen LogP contribution is 2.34. The minimum Gasteiger partial charge on any atom is -0.507 e. The summed E-state index contributed by atoms with van der Waals surface area (Å²) in [4.78, 5) is 11.3. The topological polar surface area (TPSA) is 37.3 Å². The molecule has 112 valence electrons. The third-order valence-electron chi connectivity index (χ3n) is 3.23. The van der Waals surface area contributed by atoms with Crippen molar-refractivity contribution in [3.05, 3.63) is 51.8 Å². The van der Waals surface area contributed by atoms with Crippen molar-refractivity contribution >= 4 is 23.5 Å². The first-order valence-corrected chi connectivity index (χ1v) is 6.67. The normalized spacial score (nSPS) is 18.2. The zero-order chi connectivity index (χ0) is 15.6. The maximum Gasteiger partial charge on any atom is 0.454 e. The van der Waals surface area contributed by atoms with E-state index in [0.29, 0.717) is 29.0 Å². The number of aliphatic hydroxyl groups excluding tert-OH is 1. The number of hydrogen-bond acceptors (Lipinski definition) is 2. The zero-order valence-electron chi connectivity index (χ0n) is 10.9. The number of hydrogen-bond donors (Lipinski definition) is 1. The van der Waals surface area contributed by atoms with Crippen LogP contribution in [0.3, 0.4) is 0 Å². The Bertz CT molecular complexity index is 630. The van der Waals surface area contributed by atoms with Crippen LogP contribution in [0.25, 0.3) is 6.08 Å². The highest BCUT2D eigenvalue weighted by Gasteiger charge is 2.42. The van der Waals surface area contributed by atoms with E-state index in [9.17, 15) is 23.1 Å². The fourth-order valence-electron chi connectivity index (χ4n) is 2.20. The van der Waals surface area contributed by atoms with E-state index in [4.69, 9.17) is 11.6 Å². The number of alkyl halides is 3. The van der Waals surface area contributed by atoms with E-state index >= 15 is 0 Å². The van der Waals surface area contributed by atoms with Gasteiger partial charge in [-0.05, 0) is 42.5 Å². The molecule has 1 aromatic rings. The molecule has 0 amide bonds. The van der Waals surface area contributed by atoms with Crippen molar-refractivity contribution in [2.45, 2.75) is 25.4 Å². The summed E-state index contributed by atoms with van der Waals surface area (Å²) in [6, 6.07) is 6.77. The molecule has 0 heterocycles. The Morgan fingerprint density at radius 2 is 1.90 bits per heavy atom. The number of Topliss-reactive ketones (excluding diaryl/α,β-unsaturated/α-hetero) is 1. The van der Waals surface area contributed by atoms with Crippen LogP contribution in [0, 0.1) is 0 Å². The number of ketones is 1. The van der Waals surface area contributed by atoms with Crippen LogP contribution in [0.1, 0.15) is 24.8 Å². The van der Waals surface area contributed by atoms with E-state index in [2.05, 4.69) is 0 Å². The molecule has 2 rings (SSSR count). The number of benzene rings is 1. The van der Waals surface area contributed by atoms with Gasteiger partial charge in [0.1, 0.15) is 5.76 Å². The molecule has 1 aliphatic carbocycles. The Labute approximate surface area is 124 Å². The predicted molar refractivity (Wildman–Crippen MR) is 74.0 cm³/mol. The molecule has 2 nitrogen and oxygen atoms in total. The first-order valence-electron chi connectivity index (χ1n) is 6.30. The van der Waals surface area contributed by atoms with Crippen LogP contribution in [0.4, 0.5) is 13.2 Å². The Morgan fingerprint density at radius 3 is 2.52 bits per heavy atom.